The first-order valence-electron chi connectivity index (χ1n) is 5.71. The molecule has 17 heavy (non-hydrogen) atoms. The van der Waals surface area contributed by atoms with Gasteiger partial charge in [0.2, 0.25) is 0 Å². The second kappa shape index (κ2) is 7.17. The normalized spacial score (nSPS) is 10.2. The van der Waals surface area contributed by atoms with Crippen molar-refractivity contribution in [2.45, 2.75) is 20.3 Å². The molecule has 5 heteroatoms. The van der Waals surface area contributed by atoms with Crippen LogP contribution in [0.4, 0.5) is 11.4 Å². The summed E-state index contributed by atoms with van der Waals surface area (Å²) in [4.78, 5) is 10.2. The Bertz CT molecular complexity index is 383. The Labute approximate surface area is 106 Å². The van der Waals surface area contributed by atoms with E-state index in [1.807, 2.05) is 18.7 Å². The standard InChI is InChI=1S/C12H18N2O2S/c1-3-17-8-4-7-13-12-6-5-11(14(15)16)9-10(12)2/h5-6,9,13H,3-4,7-8H2,1-2H3. The zero-order valence-corrected chi connectivity index (χ0v) is 11.0. The number of nitro groups is 1. The number of aryl methyl sites for hydroxylation is 1. The second-order valence-electron chi connectivity index (χ2n) is 3.73. The SMILES string of the molecule is CCSCCCNc1ccc([N+](=O)[O-])cc1C. The van der Waals surface area contributed by atoms with Gasteiger partial charge in [0.15, 0.2) is 0 Å². The summed E-state index contributed by atoms with van der Waals surface area (Å²) >= 11 is 1.92. The monoisotopic (exact) mass is 254 g/mol. The number of hydrogen-bond donors (Lipinski definition) is 1. The van der Waals surface area contributed by atoms with Crippen LogP contribution in [-0.2, 0) is 0 Å². The summed E-state index contributed by atoms with van der Waals surface area (Å²) in [5.41, 5.74) is 2.05. The van der Waals surface area contributed by atoms with Gasteiger partial charge in [-0.1, -0.05) is 6.92 Å². The quantitative estimate of drug-likeness (QED) is 0.460. The number of rotatable bonds is 7. The molecule has 0 aliphatic rings. The summed E-state index contributed by atoms with van der Waals surface area (Å²) in [6.07, 6.45) is 1.11. The molecule has 0 bridgehead atoms. The van der Waals surface area contributed by atoms with Gasteiger partial charge in [-0.2, -0.15) is 11.8 Å². The van der Waals surface area contributed by atoms with Crippen LogP contribution >= 0.6 is 11.8 Å². The van der Waals surface area contributed by atoms with Gasteiger partial charge in [-0.15, -0.1) is 0 Å². The lowest BCUT2D eigenvalue weighted by Crippen LogP contribution is -2.04. The molecule has 1 N–H and O–H groups in total. The number of nitro benzene ring substituents is 1. The molecular formula is C12H18N2O2S. The Hall–Kier alpha value is -1.23. The molecule has 0 heterocycles. The molecule has 0 saturated carbocycles. The predicted molar refractivity (Wildman–Crippen MR) is 73.9 cm³/mol. The van der Waals surface area contributed by atoms with E-state index in [4.69, 9.17) is 0 Å². The molecule has 1 rings (SSSR count). The molecule has 0 aliphatic heterocycles. The molecule has 0 aliphatic carbocycles. The van der Waals surface area contributed by atoms with Crippen LogP contribution in [0.3, 0.4) is 0 Å². The van der Waals surface area contributed by atoms with E-state index >= 15 is 0 Å². The van der Waals surface area contributed by atoms with Crippen molar-refractivity contribution in [1.82, 2.24) is 0 Å². The minimum atomic E-state index is -0.366. The summed E-state index contributed by atoms with van der Waals surface area (Å²) in [7, 11) is 0. The van der Waals surface area contributed by atoms with E-state index in [-0.39, 0.29) is 10.6 Å². The Morgan fingerprint density at radius 3 is 2.82 bits per heavy atom. The molecule has 0 radical (unpaired) electrons. The maximum Gasteiger partial charge on any atom is 0.269 e. The number of benzene rings is 1. The Kier molecular flexibility index (Phi) is 5.83. The van der Waals surface area contributed by atoms with E-state index in [9.17, 15) is 10.1 Å². The Morgan fingerprint density at radius 1 is 1.47 bits per heavy atom. The van der Waals surface area contributed by atoms with E-state index in [0.717, 1.165) is 35.7 Å². The molecule has 4 nitrogen and oxygen atoms in total. The lowest BCUT2D eigenvalue weighted by atomic mass is 10.2. The third-order valence-electron chi connectivity index (χ3n) is 2.41. The van der Waals surface area contributed by atoms with Crippen LogP contribution in [0.25, 0.3) is 0 Å². The van der Waals surface area contributed by atoms with Crippen molar-refractivity contribution >= 4 is 23.1 Å². The zero-order chi connectivity index (χ0) is 12.7. The molecule has 0 aromatic heterocycles. The van der Waals surface area contributed by atoms with Gasteiger partial charge in [-0.05, 0) is 36.5 Å². The number of nitrogens with zero attached hydrogens (tertiary/aromatic N) is 1. The molecule has 0 fully saturated rings. The third kappa shape index (κ3) is 4.65. The summed E-state index contributed by atoms with van der Waals surface area (Å²) in [5, 5.41) is 13.9. The van der Waals surface area contributed by atoms with Gasteiger partial charge in [-0.25, -0.2) is 0 Å². The van der Waals surface area contributed by atoms with Gasteiger partial charge in [0, 0.05) is 24.4 Å². The minimum Gasteiger partial charge on any atom is -0.385 e. The number of hydrogen-bond acceptors (Lipinski definition) is 4. The van der Waals surface area contributed by atoms with Gasteiger partial charge in [0.1, 0.15) is 0 Å². The first-order chi connectivity index (χ1) is 8.15. The average molecular weight is 254 g/mol. The molecule has 1 aromatic carbocycles. The van der Waals surface area contributed by atoms with Crippen molar-refractivity contribution in [3.05, 3.63) is 33.9 Å². The van der Waals surface area contributed by atoms with Gasteiger partial charge >= 0.3 is 0 Å². The van der Waals surface area contributed by atoms with Crippen molar-refractivity contribution in [1.29, 1.82) is 0 Å². The second-order valence-corrected chi connectivity index (χ2v) is 5.13. The lowest BCUT2D eigenvalue weighted by molar-refractivity contribution is -0.384. The van der Waals surface area contributed by atoms with Crippen LogP contribution in [0.15, 0.2) is 18.2 Å². The number of nitrogens with one attached hydrogen (secondary N) is 1. The first-order valence-corrected chi connectivity index (χ1v) is 6.87. The highest BCUT2D eigenvalue weighted by atomic mass is 32.2. The summed E-state index contributed by atoms with van der Waals surface area (Å²) < 4.78 is 0. The van der Waals surface area contributed by atoms with Crippen molar-refractivity contribution in [2.24, 2.45) is 0 Å². The fraction of sp³-hybridized carbons (Fsp3) is 0.500. The van der Waals surface area contributed by atoms with E-state index in [1.54, 1.807) is 12.1 Å². The Morgan fingerprint density at radius 2 is 2.24 bits per heavy atom. The van der Waals surface area contributed by atoms with Crippen LogP contribution in [0, 0.1) is 17.0 Å². The topological polar surface area (TPSA) is 55.2 Å². The highest BCUT2D eigenvalue weighted by Gasteiger charge is 2.07. The predicted octanol–water partition coefficient (Wildman–Crippen LogP) is 3.46. The maximum atomic E-state index is 10.6. The lowest BCUT2D eigenvalue weighted by Gasteiger charge is -2.08. The summed E-state index contributed by atoms with van der Waals surface area (Å²) in [5.74, 6) is 2.30. The van der Waals surface area contributed by atoms with Gasteiger partial charge in [-0.3, -0.25) is 10.1 Å². The maximum absolute atomic E-state index is 10.6. The van der Waals surface area contributed by atoms with Crippen molar-refractivity contribution in [2.75, 3.05) is 23.4 Å². The summed E-state index contributed by atoms with van der Waals surface area (Å²) in [6, 6.07) is 4.92. The fourth-order valence-corrected chi connectivity index (χ4v) is 2.14. The smallest absolute Gasteiger partial charge is 0.269 e. The molecule has 0 saturated heterocycles. The van der Waals surface area contributed by atoms with Crippen LogP contribution in [-0.4, -0.2) is 23.0 Å². The molecule has 1 aromatic rings. The van der Waals surface area contributed by atoms with Crippen LogP contribution in [0.5, 0.6) is 0 Å². The zero-order valence-electron chi connectivity index (χ0n) is 10.2. The van der Waals surface area contributed by atoms with Crippen LogP contribution < -0.4 is 5.32 Å². The number of thioether (sulfide) groups is 1. The molecule has 0 atom stereocenters. The van der Waals surface area contributed by atoms with Crippen molar-refractivity contribution < 1.29 is 4.92 Å². The summed E-state index contributed by atoms with van der Waals surface area (Å²) in [6.45, 7) is 4.94. The molecule has 0 spiro atoms. The Balaban J connectivity index is 2.46. The molecule has 94 valence electrons. The first kappa shape index (κ1) is 13.8. The fourth-order valence-electron chi connectivity index (χ4n) is 1.50. The minimum absolute atomic E-state index is 0.148. The number of anilines is 1. The van der Waals surface area contributed by atoms with Crippen molar-refractivity contribution in [3.63, 3.8) is 0 Å². The molecule has 0 unspecified atom stereocenters. The highest BCUT2D eigenvalue weighted by molar-refractivity contribution is 7.99. The molecule has 0 amide bonds. The van der Waals surface area contributed by atoms with Crippen LogP contribution in [0.1, 0.15) is 18.9 Å². The third-order valence-corrected chi connectivity index (χ3v) is 3.39. The van der Waals surface area contributed by atoms with E-state index in [1.165, 1.54) is 6.07 Å². The van der Waals surface area contributed by atoms with Crippen molar-refractivity contribution in [3.8, 4) is 0 Å². The van der Waals surface area contributed by atoms with Gasteiger partial charge < -0.3 is 5.32 Å². The number of non-ortho nitro benzene ring substituents is 1. The van der Waals surface area contributed by atoms with Crippen LogP contribution in [0.2, 0.25) is 0 Å². The largest absolute Gasteiger partial charge is 0.385 e. The van der Waals surface area contributed by atoms with Gasteiger partial charge in [0.25, 0.3) is 5.69 Å². The highest BCUT2D eigenvalue weighted by Crippen LogP contribution is 2.21. The van der Waals surface area contributed by atoms with E-state index < -0.39 is 0 Å². The molecular weight excluding hydrogens is 236 g/mol. The van der Waals surface area contributed by atoms with E-state index in [2.05, 4.69) is 12.2 Å². The van der Waals surface area contributed by atoms with Gasteiger partial charge in [0.05, 0.1) is 4.92 Å². The average Bonchev–Trinajstić information content (AvgIpc) is 2.30. The van der Waals surface area contributed by atoms with E-state index in [0.29, 0.717) is 0 Å².